The van der Waals surface area contributed by atoms with Gasteiger partial charge in [0.1, 0.15) is 6.04 Å². The van der Waals surface area contributed by atoms with Gasteiger partial charge in [0.05, 0.1) is 0 Å². The van der Waals surface area contributed by atoms with E-state index in [1.807, 2.05) is 11.9 Å². The molecule has 0 radical (unpaired) electrons. The lowest BCUT2D eigenvalue weighted by Crippen LogP contribution is -2.52. The van der Waals surface area contributed by atoms with Crippen molar-refractivity contribution >= 4 is 24.4 Å². The molecular weight excluding hydrogens is 250 g/mol. The number of piperidine rings is 1. The van der Waals surface area contributed by atoms with Gasteiger partial charge in [0.2, 0.25) is 11.8 Å². The Balaban J connectivity index is 2.55. The maximum Gasteiger partial charge on any atom is 0.246 e. The zero-order valence-electron chi connectivity index (χ0n) is 11.1. The highest BCUT2D eigenvalue weighted by atomic mass is 32.1. The van der Waals surface area contributed by atoms with Gasteiger partial charge in [-0.05, 0) is 32.4 Å². The summed E-state index contributed by atoms with van der Waals surface area (Å²) in [7, 11) is 1.93. The van der Waals surface area contributed by atoms with Gasteiger partial charge in [-0.15, -0.1) is 0 Å². The Bertz CT molecular complexity index is 297. The van der Waals surface area contributed by atoms with Crippen LogP contribution < -0.4 is 10.6 Å². The normalized spacial score (nSPS) is 21.5. The monoisotopic (exact) mass is 273 g/mol. The molecule has 2 unspecified atom stereocenters. The van der Waals surface area contributed by atoms with Crippen LogP contribution in [-0.4, -0.2) is 55.2 Å². The molecule has 0 spiro atoms. The fourth-order valence-corrected chi connectivity index (χ4v) is 2.62. The molecule has 0 bridgehead atoms. The van der Waals surface area contributed by atoms with E-state index in [-0.39, 0.29) is 11.8 Å². The molecule has 5 nitrogen and oxygen atoms in total. The average molecular weight is 273 g/mol. The molecule has 2 amide bonds. The van der Waals surface area contributed by atoms with Crippen LogP contribution in [0.2, 0.25) is 0 Å². The molecule has 18 heavy (non-hydrogen) atoms. The number of carbonyl (C=O) groups excluding carboxylic acids is 2. The number of rotatable bonds is 5. The molecule has 0 aliphatic carbocycles. The molecule has 2 atom stereocenters. The van der Waals surface area contributed by atoms with Gasteiger partial charge in [-0.25, -0.2) is 0 Å². The predicted octanol–water partition coefficient (Wildman–Crippen LogP) is -0.121. The Morgan fingerprint density at radius 3 is 2.78 bits per heavy atom. The van der Waals surface area contributed by atoms with Crippen LogP contribution in [0, 0.1) is 5.92 Å². The Morgan fingerprint density at radius 2 is 2.22 bits per heavy atom. The lowest BCUT2D eigenvalue weighted by Gasteiger charge is -2.34. The third-order valence-corrected chi connectivity index (χ3v) is 3.55. The maximum atomic E-state index is 12.3. The molecule has 1 aliphatic rings. The molecule has 2 N–H and O–H groups in total. The minimum absolute atomic E-state index is 0.0130. The van der Waals surface area contributed by atoms with Gasteiger partial charge in [0.25, 0.3) is 0 Å². The molecule has 104 valence electrons. The standard InChI is InChI=1S/C12H23N3O2S/c1-9(16)14-11(8-18)12(17)15-5-3-4-10(7-15)6-13-2/h10-11,13,18H,3-8H2,1-2H3,(H,14,16). The Hall–Kier alpha value is -0.750. The van der Waals surface area contributed by atoms with Crippen LogP contribution in [0.3, 0.4) is 0 Å². The number of nitrogens with one attached hydrogen (secondary N) is 2. The summed E-state index contributed by atoms with van der Waals surface area (Å²) in [6.45, 7) is 3.89. The summed E-state index contributed by atoms with van der Waals surface area (Å²) in [6.07, 6.45) is 2.17. The van der Waals surface area contributed by atoms with Crippen LogP contribution in [0.25, 0.3) is 0 Å². The second-order valence-electron chi connectivity index (χ2n) is 4.79. The minimum atomic E-state index is -0.501. The van der Waals surface area contributed by atoms with E-state index in [0.717, 1.165) is 32.5 Å². The number of hydrogen-bond acceptors (Lipinski definition) is 4. The first-order valence-electron chi connectivity index (χ1n) is 6.39. The number of amides is 2. The lowest BCUT2D eigenvalue weighted by molar-refractivity contribution is -0.137. The molecule has 1 rings (SSSR count). The largest absolute Gasteiger partial charge is 0.344 e. The van der Waals surface area contributed by atoms with Crippen molar-refractivity contribution < 1.29 is 9.59 Å². The van der Waals surface area contributed by atoms with Crippen molar-refractivity contribution in [2.24, 2.45) is 5.92 Å². The van der Waals surface area contributed by atoms with Gasteiger partial charge in [0.15, 0.2) is 0 Å². The van der Waals surface area contributed by atoms with Crippen molar-refractivity contribution in [3.05, 3.63) is 0 Å². The molecule has 1 aliphatic heterocycles. The van der Waals surface area contributed by atoms with E-state index in [4.69, 9.17) is 0 Å². The van der Waals surface area contributed by atoms with Gasteiger partial charge >= 0.3 is 0 Å². The molecule has 1 saturated heterocycles. The van der Waals surface area contributed by atoms with E-state index in [1.165, 1.54) is 6.92 Å². The summed E-state index contributed by atoms with van der Waals surface area (Å²) >= 11 is 4.14. The molecule has 0 aromatic rings. The number of likely N-dealkylation sites (tertiary alicyclic amines) is 1. The van der Waals surface area contributed by atoms with Crippen molar-refractivity contribution in [1.29, 1.82) is 0 Å². The smallest absolute Gasteiger partial charge is 0.246 e. The van der Waals surface area contributed by atoms with Crippen LogP contribution in [0.4, 0.5) is 0 Å². The quantitative estimate of drug-likeness (QED) is 0.612. The Kier molecular flexibility index (Phi) is 6.49. The van der Waals surface area contributed by atoms with Crippen molar-refractivity contribution in [3.63, 3.8) is 0 Å². The first-order chi connectivity index (χ1) is 8.58. The zero-order valence-corrected chi connectivity index (χ0v) is 12.0. The summed E-state index contributed by atoms with van der Waals surface area (Å²) in [4.78, 5) is 25.1. The number of hydrogen-bond donors (Lipinski definition) is 3. The van der Waals surface area contributed by atoms with Gasteiger partial charge in [-0.2, -0.15) is 12.6 Å². The van der Waals surface area contributed by atoms with E-state index >= 15 is 0 Å². The zero-order chi connectivity index (χ0) is 13.5. The lowest BCUT2D eigenvalue weighted by atomic mass is 9.97. The van der Waals surface area contributed by atoms with Crippen LogP contribution >= 0.6 is 12.6 Å². The third-order valence-electron chi connectivity index (χ3n) is 3.18. The van der Waals surface area contributed by atoms with Crippen LogP contribution in [0.1, 0.15) is 19.8 Å². The van der Waals surface area contributed by atoms with Crippen LogP contribution in [-0.2, 0) is 9.59 Å². The molecule has 0 saturated carbocycles. The van der Waals surface area contributed by atoms with E-state index in [1.54, 1.807) is 0 Å². The summed E-state index contributed by atoms with van der Waals surface area (Å²) in [5.74, 6) is 0.642. The van der Waals surface area contributed by atoms with Gasteiger partial charge in [-0.3, -0.25) is 9.59 Å². The minimum Gasteiger partial charge on any atom is -0.344 e. The van der Waals surface area contributed by atoms with Crippen molar-refractivity contribution in [1.82, 2.24) is 15.5 Å². The fourth-order valence-electron chi connectivity index (χ4n) is 2.37. The highest BCUT2D eigenvalue weighted by molar-refractivity contribution is 7.80. The first kappa shape index (κ1) is 15.3. The Labute approximate surface area is 114 Å². The van der Waals surface area contributed by atoms with E-state index in [2.05, 4.69) is 23.3 Å². The van der Waals surface area contributed by atoms with Gasteiger partial charge in [-0.1, -0.05) is 0 Å². The predicted molar refractivity (Wildman–Crippen MR) is 74.7 cm³/mol. The summed E-state index contributed by atoms with van der Waals surface area (Å²) in [5.41, 5.74) is 0. The third kappa shape index (κ3) is 4.49. The molecule has 1 fully saturated rings. The number of nitrogens with zero attached hydrogens (tertiary/aromatic N) is 1. The molecule has 1 heterocycles. The molecule has 0 aromatic carbocycles. The topological polar surface area (TPSA) is 61.4 Å². The van der Waals surface area contributed by atoms with Crippen molar-refractivity contribution in [2.75, 3.05) is 32.4 Å². The van der Waals surface area contributed by atoms with Gasteiger partial charge < -0.3 is 15.5 Å². The number of thiol groups is 1. The molecule has 0 aromatic heterocycles. The van der Waals surface area contributed by atoms with E-state index < -0.39 is 6.04 Å². The molecular formula is C12H23N3O2S. The number of carbonyl (C=O) groups is 2. The van der Waals surface area contributed by atoms with Crippen molar-refractivity contribution in [3.8, 4) is 0 Å². The van der Waals surface area contributed by atoms with Crippen LogP contribution in [0.5, 0.6) is 0 Å². The van der Waals surface area contributed by atoms with Gasteiger partial charge in [0, 0.05) is 25.8 Å². The highest BCUT2D eigenvalue weighted by Gasteiger charge is 2.28. The second-order valence-corrected chi connectivity index (χ2v) is 5.15. The van der Waals surface area contributed by atoms with E-state index in [0.29, 0.717) is 11.7 Å². The summed E-state index contributed by atoms with van der Waals surface area (Å²) < 4.78 is 0. The SMILES string of the molecule is CNCC1CCCN(C(=O)C(CS)NC(C)=O)C1. The highest BCUT2D eigenvalue weighted by Crippen LogP contribution is 2.16. The van der Waals surface area contributed by atoms with E-state index in [9.17, 15) is 9.59 Å². The fraction of sp³-hybridized carbons (Fsp3) is 0.833. The second kappa shape index (κ2) is 7.63. The molecule has 6 heteroatoms. The summed E-state index contributed by atoms with van der Waals surface area (Å²) in [5, 5.41) is 5.80. The summed E-state index contributed by atoms with van der Waals surface area (Å²) in [6, 6.07) is -0.501. The van der Waals surface area contributed by atoms with Crippen LogP contribution in [0.15, 0.2) is 0 Å². The Morgan fingerprint density at radius 1 is 1.50 bits per heavy atom. The maximum absolute atomic E-state index is 12.3. The average Bonchev–Trinajstić information content (AvgIpc) is 2.35. The first-order valence-corrected chi connectivity index (χ1v) is 7.03. The van der Waals surface area contributed by atoms with Crippen molar-refractivity contribution in [2.45, 2.75) is 25.8 Å².